The highest BCUT2D eigenvalue weighted by Crippen LogP contribution is 2.33. The lowest BCUT2D eigenvalue weighted by Crippen LogP contribution is -2.52. The lowest BCUT2D eigenvalue weighted by Gasteiger charge is -2.26. The van der Waals surface area contributed by atoms with Crippen LogP contribution in [0.25, 0.3) is 11.1 Å². The van der Waals surface area contributed by atoms with Gasteiger partial charge in [0.2, 0.25) is 0 Å². The lowest BCUT2D eigenvalue weighted by atomic mass is 9.95. The fraction of sp³-hybridized carbons (Fsp3) is 0.182. The zero-order valence-corrected chi connectivity index (χ0v) is 17.9. The van der Waals surface area contributed by atoms with Gasteiger partial charge in [-0.15, -0.1) is 11.3 Å². The summed E-state index contributed by atoms with van der Waals surface area (Å²) in [6.45, 7) is 1.45. The second-order valence-electron chi connectivity index (χ2n) is 7.38. The zero-order chi connectivity index (χ0) is 23.8. The molecule has 1 saturated heterocycles. The van der Waals surface area contributed by atoms with Crippen molar-refractivity contribution in [2.75, 3.05) is 6.54 Å². The molecule has 2 aromatic carbocycles. The number of alkyl halides is 3. The Morgan fingerprint density at radius 1 is 1.12 bits per heavy atom. The molecule has 4 amide bonds. The SMILES string of the molecule is Cc1ncsc1[C@]1(CNC(=O)c2ccccc2-c2ccc(C(F)(F)F)cc2)NC(=O)NC1=O. The summed E-state index contributed by atoms with van der Waals surface area (Å²) >= 11 is 1.17. The van der Waals surface area contributed by atoms with E-state index in [0.29, 0.717) is 21.7 Å². The maximum absolute atomic E-state index is 13.1. The highest BCUT2D eigenvalue weighted by molar-refractivity contribution is 7.10. The Morgan fingerprint density at radius 2 is 1.82 bits per heavy atom. The fourth-order valence-corrected chi connectivity index (χ4v) is 4.60. The first-order valence-electron chi connectivity index (χ1n) is 9.71. The van der Waals surface area contributed by atoms with E-state index in [1.165, 1.54) is 35.0 Å². The number of amides is 4. The number of benzene rings is 2. The van der Waals surface area contributed by atoms with Gasteiger partial charge >= 0.3 is 12.2 Å². The van der Waals surface area contributed by atoms with E-state index >= 15 is 0 Å². The van der Waals surface area contributed by atoms with Gasteiger partial charge in [-0.3, -0.25) is 14.9 Å². The number of carbonyl (C=O) groups is 3. The molecule has 1 fully saturated rings. The van der Waals surface area contributed by atoms with Crippen LogP contribution < -0.4 is 16.0 Å². The topological polar surface area (TPSA) is 100 Å². The van der Waals surface area contributed by atoms with E-state index in [4.69, 9.17) is 0 Å². The van der Waals surface area contributed by atoms with Gasteiger partial charge in [0.25, 0.3) is 11.8 Å². The summed E-state index contributed by atoms with van der Waals surface area (Å²) in [5, 5.41) is 7.45. The highest BCUT2D eigenvalue weighted by Gasteiger charge is 2.50. The van der Waals surface area contributed by atoms with Gasteiger partial charge in [-0.2, -0.15) is 13.2 Å². The molecule has 0 bridgehead atoms. The second kappa shape index (κ2) is 8.32. The smallest absolute Gasteiger partial charge is 0.349 e. The van der Waals surface area contributed by atoms with Crippen LogP contribution in [0.5, 0.6) is 0 Å². The number of aromatic nitrogens is 1. The number of hydrogen-bond donors (Lipinski definition) is 3. The Bertz CT molecular complexity index is 1240. The van der Waals surface area contributed by atoms with Crippen LogP contribution in [0.4, 0.5) is 18.0 Å². The molecule has 0 unspecified atom stereocenters. The van der Waals surface area contributed by atoms with Crippen LogP contribution in [-0.2, 0) is 16.5 Å². The number of rotatable bonds is 5. The first-order chi connectivity index (χ1) is 15.6. The van der Waals surface area contributed by atoms with Crippen molar-refractivity contribution in [3.05, 3.63) is 75.7 Å². The molecule has 170 valence electrons. The Labute approximate surface area is 190 Å². The van der Waals surface area contributed by atoms with Gasteiger partial charge in [0.05, 0.1) is 28.2 Å². The minimum absolute atomic E-state index is 0.207. The van der Waals surface area contributed by atoms with Crippen molar-refractivity contribution >= 4 is 29.2 Å². The number of carbonyl (C=O) groups excluding carboxylic acids is 3. The second-order valence-corrected chi connectivity index (χ2v) is 8.24. The molecular formula is C22H17F3N4O3S. The third kappa shape index (κ3) is 4.19. The van der Waals surface area contributed by atoms with Crippen LogP contribution >= 0.6 is 11.3 Å². The molecule has 0 saturated carbocycles. The normalized spacial score (nSPS) is 18.1. The van der Waals surface area contributed by atoms with Crippen LogP contribution in [0, 0.1) is 6.92 Å². The van der Waals surface area contributed by atoms with E-state index in [1.54, 1.807) is 25.1 Å². The first kappa shape index (κ1) is 22.5. The van der Waals surface area contributed by atoms with E-state index in [1.807, 2.05) is 0 Å². The van der Waals surface area contributed by atoms with E-state index in [2.05, 4.69) is 20.9 Å². The predicted octanol–water partition coefficient (Wildman–Crippen LogP) is 3.60. The van der Waals surface area contributed by atoms with Gasteiger partial charge in [-0.25, -0.2) is 9.78 Å². The molecule has 0 spiro atoms. The number of nitrogens with one attached hydrogen (secondary N) is 3. The summed E-state index contributed by atoms with van der Waals surface area (Å²) in [7, 11) is 0. The zero-order valence-electron chi connectivity index (χ0n) is 17.1. The number of nitrogens with zero attached hydrogens (tertiary/aromatic N) is 1. The van der Waals surface area contributed by atoms with Crippen LogP contribution in [0.15, 0.2) is 54.0 Å². The molecule has 7 nitrogen and oxygen atoms in total. The summed E-state index contributed by atoms with van der Waals surface area (Å²) < 4.78 is 38.7. The molecule has 3 N–H and O–H groups in total. The van der Waals surface area contributed by atoms with Crippen molar-refractivity contribution in [1.29, 1.82) is 0 Å². The van der Waals surface area contributed by atoms with Crippen molar-refractivity contribution < 1.29 is 27.6 Å². The average Bonchev–Trinajstić information content (AvgIpc) is 3.34. The molecule has 3 aromatic rings. The van der Waals surface area contributed by atoms with Crippen molar-refractivity contribution in [3.8, 4) is 11.1 Å². The summed E-state index contributed by atoms with van der Waals surface area (Å²) in [6.07, 6.45) is -4.47. The number of hydrogen-bond acceptors (Lipinski definition) is 5. The largest absolute Gasteiger partial charge is 0.416 e. The van der Waals surface area contributed by atoms with Crippen molar-refractivity contribution in [2.45, 2.75) is 18.6 Å². The van der Waals surface area contributed by atoms with E-state index in [-0.39, 0.29) is 12.1 Å². The van der Waals surface area contributed by atoms with Gasteiger partial charge in [0.1, 0.15) is 0 Å². The van der Waals surface area contributed by atoms with Gasteiger partial charge in [-0.1, -0.05) is 30.3 Å². The molecule has 1 aliphatic heterocycles. The average molecular weight is 474 g/mol. The van der Waals surface area contributed by atoms with E-state index in [0.717, 1.165) is 12.1 Å². The maximum Gasteiger partial charge on any atom is 0.416 e. The molecule has 4 rings (SSSR count). The number of aryl methyl sites for hydroxylation is 1. The van der Waals surface area contributed by atoms with Crippen LogP contribution in [0.1, 0.15) is 26.5 Å². The molecule has 0 radical (unpaired) electrons. The summed E-state index contributed by atoms with van der Waals surface area (Å²) in [4.78, 5) is 42.2. The number of thiazole rings is 1. The number of halogens is 3. The fourth-order valence-electron chi connectivity index (χ4n) is 3.65. The van der Waals surface area contributed by atoms with Crippen LogP contribution in [-0.4, -0.2) is 29.4 Å². The van der Waals surface area contributed by atoms with Crippen LogP contribution in [0.2, 0.25) is 0 Å². The van der Waals surface area contributed by atoms with Gasteiger partial charge < -0.3 is 10.6 Å². The third-order valence-electron chi connectivity index (χ3n) is 5.28. The molecule has 1 atom stereocenters. The van der Waals surface area contributed by atoms with Crippen molar-refractivity contribution in [1.82, 2.24) is 20.9 Å². The molecule has 11 heteroatoms. The minimum atomic E-state index is -4.47. The van der Waals surface area contributed by atoms with Crippen molar-refractivity contribution in [3.63, 3.8) is 0 Å². The van der Waals surface area contributed by atoms with E-state index in [9.17, 15) is 27.6 Å². The number of imide groups is 1. The monoisotopic (exact) mass is 474 g/mol. The Morgan fingerprint density at radius 3 is 2.39 bits per heavy atom. The lowest BCUT2D eigenvalue weighted by molar-refractivity contribution is -0.137. The van der Waals surface area contributed by atoms with Gasteiger partial charge in [0.15, 0.2) is 5.54 Å². The molecule has 33 heavy (non-hydrogen) atoms. The van der Waals surface area contributed by atoms with Crippen molar-refractivity contribution in [2.24, 2.45) is 0 Å². The quantitative estimate of drug-likeness (QED) is 0.492. The highest BCUT2D eigenvalue weighted by atomic mass is 32.1. The molecule has 1 aliphatic rings. The molecule has 2 heterocycles. The predicted molar refractivity (Wildman–Crippen MR) is 114 cm³/mol. The maximum atomic E-state index is 13.1. The Hall–Kier alpha value is -3.73. The van der Waals surface area contributed by atoms with Gasteiger partial charge in [0, 0.05) is 5.56 Å². The summed E-state index contributed by atoms with van der Waals surface area (Å²) in [5.41, 5.74) is 0.820. The number of urea groups is 1. The first-order valence-corrected chi connectivity index (χ1v) is 10.6. The molecular weight excluding hydrogens is 457 g/mol. The summed E-state index contributed by atoms with van der Waals surface area (Å²) in [6, 6.07) is 10.2. The Kier molecular flexibility index (Phi) is 5.66. The standard InChI is InChI=1S/C22H17F3N4O3S/c1-12-17(33-11-27-12)21(19(31)28-20(32)29-21)10-26-18(30)16-5-3-2-4-15(16)13-6-8-14(9-7-13)22(23,24)25/h2-9,11H,10H2,1H3,(H,26,30)(H2,28,29,31,32)/t21-/m0/s1. The summed E-state index contributed by atoms with van der Waals surface area (Å²) in [5.74, 6) is -1.17. The third-order valence-corrected chi connectivity index (χ3v) is 6.37. The van der Waals surface area contributed by atoms with Crippen LogP contribution in [0.3, 0.4) is 0 Å². The van der Waals surface area contributed by atoms with E-state index < -0.39 is 35.1 Å². The Balaban J connectivity index is 1.61. The van der Waals surface area contributed by atoms with Gasteiger partial charge in [-0.05, 0) is 36.2 Å². The minimum Gasteiger partial charge on any atom is -0.349 e. The molecule has 1 aromatic heterocycles. The molecule has 0 aliphatic carbocycles.